The molecule has 1 aromatic heterocycles. The van der Waals surface area contributed by atoms with Gasteiger partial charge >= 0.3 is 0 Å². The van der Waals surface area contributed by atoms with Gasteiger partial charge in [0.15, 0.2) is 11.2 Å². The van der Waals surface area contributed by atoms with E-state index in [0.717, 1.165) is 0 Å². The van der Waals surface area contributed by atoms with Gasteiger partial charge in [-0.2, -0.15) is 5.26 Å². The van der Waals surface area contributed by atoms with E-state index in [4.69, 9.17) is 15.7 Å². The van der Waals surface area contributed by atoms with Crippen molar-refractivity contribution in [3.05, 3.63) is 11.1 Å². The third-order valence-electron chi connectivity index (χ3n) is 2.24. The number of ether oxygens (including phenoxy) is 1. The molecule has 6 nitrogen and oxygen atoms in total. The van der Waals surface area contributed by atoms with Crippen molar-refractivity contribution in [3.63, 3.8) is 0 Å². The smallest absolute Gasteiger partial charge is 0.273 e. The molecule has 0 bridgehead atoms. The van der Waals surface area contributed by atoms with Gasteiger partial charge in [-0.25, -0.2) is 4.98 Å². The van der Waals surface area contributed by atoms with Crippen molar-refractivity contribution in [2.45, 2.75) is 6.10 Å². The maximum atomic E-state index is 11.9. The summed E-state index contributed by atoms with van der Waals surface area (Å²) in [5.41, 5.74) is 5.79. The quantitative estimate of drug-likeness (QED) is 0.748. The van der Waals surface area contributed by atoms with Gasteiger partial charge in [-0.15, -0.1) is 11.3 Å². The lowest BCUT2D eigenvalue weighted by Crippen LogP contribution is -2.45. The third-order valence-corrected chi connectivity index (χ3v) is 2.91. The molecule has 0 spiro atoms. The molecule has 84 valence electrons. The van der Waals surface area contributed by atoms with E-state index in [1.807, 2.05) is 6.07 Å². The fraction of sp³-hybridized carbons (Fsp3) is 0.444. The number of aromatic nitrogens is 1. The van der Waals surface area contributed by atoms with Crippen LogP contribution >= 0.6 is 11.3 Å². The molecular formula is C9H10N4O2S. The lowest BCUT2D eigenvalue weighted by molar-refractivity contribution is 0.00324. The van der Waals surface area contributed by atoms with Crippen LogP contribution in [0.5, 0.6) is 0 Å². The van der Waals surface area contributed by atoms with Crippen LogP contribution in [0.4, 0.5) is 5.13 Å². The second-order valence-electron chi connectivity index (χ2n) is 3.31. The van der Waals surface area contributed by atoms with Gasteiger partial charge in [-0.05, 0) is 0 Å². The Balaban J connectivity index is 2.08. The molecule has 1 atom stereocenters. The highest BCUT2D eigenvalue weighted by Crippen LogP contribution is 2.15. The SMILES string of the molecule is N#CC1CN(C(=O)c2csc(N)n2)CCO1. The third kappa shape index (κ3) is 2.13. The van der Waals surface area contributed by atoms with Crippen LogP contribution in [0.15, 0.2) is 5.38 Å². The molecule has 7 heteroatoms. The number of thiazole rings is 1. The minimum atomic E-state index is -0.548. The fourth-order valence-corrected chi connectivity index (χ4v) is 2.00. The van der Waals surface area contributed by atoms with E-state index in [0.29, 0.717) is 24.0 Å². The zero-order valence-electron chi connectivity index (χ0n) is 8.42. The maximum absolute atomic E-state index is 11.9. The lowest BCUT2D eigenvalue weighted by Gasteiger charge is -2.29. The average molecular weight is 238 g/mol. The van der Waals surface area contributed by atoms with Gasteiger partial charge < -0.3 is 15.4 Å². The number of nitriles is 1. The molecule has 1 saturated heterocycles. The van der Waals surface area contributed by atoms with Crippen LogP contribution in [0.1, 0.15) is 10.5 Å². The fourth-order valence-electron chi connectivity index (χ4n) is 1.46. The summed E-state index contributed by atoms with van der Waals surface area (Å²) >= 11 is 1.23. The van der Waals surface area contributed by atoms with E-state index in [1.54, 1.807) is 10.3 Å². The topological polar surface area (TPSA) is 92.2 Å². The molecule has 1 aromatic rings. The molecule has 0 aliphatic carbocycles. The maximum Gasteiger partial charge on any atom is 0.273 e. The van der Waals surface area contributed by atoms with Crippen LogP contribution in [-0.2, 0) is 4.74 Å². The van der Waals surface area contributed by atoms with Crippen molar-refractivity contribution in [3.8, 4) is 6.07 Å². The van der Waals surface area contributed by atoms with Gasteiger partial charge in [0.2, 0.25) is 0 Å². The number of amides is 1. The molecule has 0 radical (unpaired) electrons. The number of rotatable bonds is 1. The summed E-state index contributed by atoms with van der Waals surface area (Å²) in [5.74, 6) is -0.198. The summed E-state index contributed by atoms with van der Waals surface area (Å²) in [4.78, 5) is 17.4. The number of nitrogen functional groups attached to an aromatic ring is 1. The predicted molar refractivity (Wildman–Crippen MR) is 57.8 cm³/mol. The Morgan fingerprint density at radius 2 is 2.62 bits per heavy atom. The number of carbonyl (C=O) groups excluding carboxylic acids is 1. The van der Waals surface area contributed by atoms with E-state index in [1.165, 1.54) is 11.3 Å². The lowest BCUT2D eigenvalue weighted by atomic mass is 10.2. The van der Waals surface area contributed by atoms with Gasteiger partial charge in [0.1, 0.15) is 5.69 Å². The van der Waals surface area contributed by atoms with Crippen LogP contribution in [-0.4, -0.2) is 41.6 Å². The molecular weight excluding hydrogens is 228 g/mol. The Hall–Kier alpha value is -1.65. The Morgan fingerprint density at radius 3 is 3.25 bits per heavy atom. The predicted octanol–water partition coefficient (Wildman–Crippen LogP) is 0.0899. The zero-order chi connectivity index (χ0) is 11.5. The second-order valence-corrected chi connectivity index (χ2v) is 4.20. The highest BCUT2D eigenvalue weighted by atomic mass is 32.1. The number of hydrogen-bond acceptors (Lipinski definition) is 6. The first-order chi connectivity index (χ1) is 7.70. The summed E-state index contributed by atoms with van der Waals surface area (Å²) in [7, 11) is 0. The van der Waals surface area contributed by atoms with Crippen molar-refractivity contribution < 1.29 is 9.53 Å². The molecule has 16 heavy (non-hydrogen) atoms. The molecule has 0 saturated carbocycles. The first-order valence-corrected chi connectivity index (χ1v) is 5.60. The molecule has 1 aliphatic rings. The van der Waals surface area contributed by atoms with Crippen LogP contribution < -0.4 is 5.73 Å². The molecule has 1 aliphatic heterocycles. The highest BCUT2D eigenvalue weighted by molar-refractivity contribution is 7.13. The second kappa shape index (κ2) is 4.47. The van der Waals surface area contributed by atoms with Crippen molar-refractivity contribution in [1.82, 2.24) is 9.88 Å². The van der Waals surface area contributed by atoms with E-state index < -0.39 is 6.10 Å². The Labute approximate surface area is 96.2 Å². The summed E-state index contributed by atoms with van der Waals surface area (Å²) in [6, 6.07) is 1.99. The standard InChI is InChI=1S/C9H10N4O2S/c10-3-6-4-13(1-2-15-6)8(14)7-5-16-9(11)12-7/h5-6H,1-2,4H2,(H2,11,12). The van der Waals surface area contributed by atoms with Crippen molar-refractivity contribution >= 4 is 22.4 Å². The van der Waals surface area contributed by atoms with Crippen LogP contribution in [0.25, 0.3) is 0 Å². The minimum Gasteiger partial charge on any atom is -0.375 e. The number of nitrogens with zero attached hydrogens (tertiary/aromatic N) is 3. The monoisotopic (exact) mass is 238 g/mol. The minimum absolute atomic E-state index is 0.198. The average Bonchev–Trinajstić information content (AvgIpc) is 2.75. The number of hydrogen-bond donors (Lipinski definition) is 1. The first-order valence-electron chi connectivity index (χ1n) is 4.72. The van der Waals surface area contributed by atoms with Crippen LogP contribution in [0.2, 0.25) is 0 Å². The van der Waals surface area contributed by atoms with Crippen molar-refractivity contribution in [1.29, 1.82) is 5.26 Å². The Morgan fingerprint density at radius 1 is 1.81 bits per heavy atom. The zero-order valence-corrected chi connectivity index (χ0v) is 9.24. The number of carbonyl (C=O) groups is 1. The molecule has 2 rings (SSSR count). The van der Waals surface area contributed by atoms with E-state index in [-0.39, 0.29) is 12.5 Å². The first kappa shape index (κ1) is 10.9. The van der Waals surface area contributed by atoms with Gasteiger partial charge in [-0.1, -0.05) is 0 Å². The van der Waals surface area contributed by atoms with Gasteiger partial charge in [-0.3, -0.25) is 4.79 Å². The normalized spacial score (nSPS) is 20.4. The van der Waals surface area contributed by atoms with Crippen LogP contribution in [0, 0.1) is 11.3 Å². The van der Waals surface area contributed by atoms with E-state index in [2.05, 4.69) is 4.98 Å². The number of anilines is 1. The molecule has 2 heterocycles. The van der Waals surface area contributed by atoms with Crippen molar-refractivity contribution in [2.75, 3.05) is 25.4 Å². The summed E-state index contributed by atoms with van der Waals surface area (Å²) in [5, 5.41) is 10.7. The highest BCUT2D eigenvalue weighted by Gasteiger charge is 2.25. The molecule has 1 fully saturated rings. The van der Waals surface area contributed by atoms with Crippen molar-refractivity contribution in [2.24, 2.45) is 0 Å². The molecule has 1 unspecified atom stereocenters. The van der Waals surface area contributed by atoms with Crippen LogP contribution in [0.3, 0.4) is 0 Å². The van der Waals surface area contributed by atoms with Gasteiger partial charge in [0.05, 0.1) is 19.2 Å². The Kier molecular flexibility index (Phi) is 3.03. The number of nitrogens with two attached hydrogens (primary N) is 1. The molecule has 2 N–H and O–H groups in total. The molecule has 1 amide bonds. The summed E-state index contributed by atoms with van der Waals surface area (Å²) in [6.07, 6.45) is -0.548. The van der Waals surface area contributed by atoms with E-state index in [9.17, 15) is 4.79 Å². The van der Waals surface area contributed by atoms with E-state index >= 15 is 0 Å². The largest absolute Gasteiger partial charge is 0.375 e. The van der Waals surface area contributed by atoms with Gasteiger partial charge in [0, 0.05) is 11.9 Å². The number of morpholine rings is 1. The summed E-state index contributed by atoms with van der Waals surface area (Å²) < 4.78 is 5.15. The van der Waals surface area contributed by atoms with Gasteiger partial charge in [0.25, 0.3) is 5.91 Å². The Bertz CT molecular complexity index is 439. The molecule has 0 aromatic carbocycles. The summed E-state index contributed by atoms with van der Waals surface area (Å²) in [6.45, 7) is 1.14.